The summed E-state index contributed by atoms with van der Waals surface area (Å²) in [6.07, 6.45) is 6.18. The number of benzene rings is 1. The third kappa shape index (κ3) is 4.37. The van der Waals surface area contributed by atoms with Gasteiger partial charge in [0.1, 0.15) is 16.9 Å². The predicted octanol–water partition coefficient (Wildman–Crippen LogP) is 3.54. The first-order valence-corrected chi connectivity index (χ1v) is 10.9. The normalized spacial score (nSPS) is 14.0. The Labute approximate surface area is 186 Å². The highest BCUT2D eigenvalue weighted by atomic mass is 16.3. The Hall–Kier alpha value is -3.61. The number of carbonyl (C=O) groups is 2. The Morgan fingerprint density at radius 1 is 1.09 bits per heavy atom. The highest BCUT2D eigenvalue weighted by molar-refractivity contribution is 5.99. The molecule has 0 radical (unpaired) electrons. The maximum atomic E-state index is 13.4. The molecule has 0 unspecified atom stereocenters. The van der Waals surface area contributed by atoms with Gasteiger partial charge < -0.3 is 19.2 Å². The highest BCUT2D eigenvalue weighted by Gasteiger charge is 2.26. The molecule has 0 bridgehead atoms. The second-order valence-electron chi connectivity index (χ2n) is 8.13. The molecule has 3 heterocycles. The van der Waals surface area contributed by atoms with E-state index in [0.29, 0.717) is 18.8 Å². The van der Waals surface area contributed by atoms with E-state index < -0.39 is 11.3 Å². The lowest BCUT2D eigenvalue weighted by molar-refractivity contribution is 0.0732. The van der Waals surface area contributed by atoms with Gasteiger partial charge in [0.15, 0.2) is 0 Å². The summed E-state index contributed by atoms with van der Waals surface area (Å²) in [7, 11) is 0. The first-order chi connectivity index (χ1) is 15.5. The molecule has 1 N–H and O–H groups in total. The topological polar surface area (TPSA) is 84.5 Å². The van der Waals surface area contributed by atoms with Crippen molar-refractivity contribution in [2.75, 3.05) is 6.54 Å². The van der Waals surface area contributed by atoms with Gasteiger partial charge in [-0.05, 0) is 43.0 Å². The molecule has 2 amide bonds. The molecule has 4 rings (SSSR count). The maximum absolute atomic E-state index is 13.4. The van der Waals surface area contributed by atoms with Crippen molar-refractivity contribution in [3.05, 3.63) is 93.3 Å². The number of furan rings is 1. The fourth-order valence-electron chi connectivity index (χ4n) is 3.89. The van der Waals surface area contributed by atoms with Gasteiger partial charge in [0.25, 0.3) is 11.8 Å². The molecule has 166 valence electrons. The zero-order valence-electron chi connectivity index (χ0n) is 18.3. The van der Waals surface area contributed by atoms with Gasteiger partial charge in [0.2, 0.25) is 5.43 Å². The van der Waals surface area contributed by atoms with Crippen LogP contribution in [0.15, 0.2) is 64.3 Å². The largest absolute Gasteiger partial charge is 0.467 e. The number of hydrogen-bond donors (Lipinski definition) is 1. The molecule has 0 aliphatic carbocycles. The third-order valence-corrected chi connectivity index (χ3v) is 6.04. The van der Waals surface area contributed by atoms with Crippen LogP contribution >= 0.6 is 0 Å². The molecule has 7 heteroatoms. The summed E-state index contributed by atoms with van der Waals surface area (Å²) < 4.78 is 7.03. The van der Waals surface area contributed by atoms with E-state index in [1.807, 2.05) is 32.0 Å². The number of hydrogen-bond acceptors (Lipinski definition) is 4. The van der Waals surface area contributed by atoms with Gasteiger partial charge in [0.05, 0.1) is 12.8 Å². The van der Waals surface area contributed by atoms with Crippen molar-refractivity contribution in [2.45, 2.75) is 45.8 Å². The monoisotopic (exact) mass is 433 g/mol. The minimum Gasteiger partial charge on any atom is -0.467 e. The molecular formula is C25H27N3O4. The first-order valence-electron chi connectivity index (χ1n) is 10.9. The van der Waals surface area contributed by atoms with Crippen LogP contribution in [-0.2, 0) is 19.5 Å². The van der Waals surface area contributed by atoms with E-state index in [0.717, 1.165) is 18.4 Å². The van der Waals surface area contributed by atoms with Crippen LogP contribution < -0.4 is 10.7 Å². The summed E-state index contributed by atoms with van der Waals surface area (Å²) in [6.45, 7) is 5.15. The molecule has 0 saturated heterocycles. The van der Waals surface area contributed by atoms with Gasteiger partial charge in [-0.25, -0.2) is 0 Å². The lowest BCUT2D eigenvalue weighted by Crippen LogP contribution is -2.40. The number of fused-ring (bicyclic) bond motifs is 1. The summed E-state index contributed by atoms with van der Waals surface area (Å²) in [5.41, 5.74) is 1.74. The number of amides is 2. The summed E-state index contributed by atoms with van der Waals surface area (Å²) in [5, 5.41) is 2.71. The van der Waals surface area contributed by atoms with E-state index in [-0.39, 0.29) is 29.6 Å². The van der Waals surface area contributed by atoms with Crippen LogP contribution in [-0.4, -0.2) is 27.8 Å². The van der Waals surface area contributed by atoms with Crippen molar-refractivity contribution in [1.82, 2.24) is 14.8 Å². The molecule has 1 aromatic carbocycles. The van der Waals surface area contributed by atoms with Crippen LogP contribution in [0.5, 0.6) is 0 Å². The summed E-state index contributed by atoms with van der Waals surface area (Å²) in [6, 6.07) is 11.5. The fraction of sp³-hybridized carbons (Fsp3) is 0.320. The summed E-state index contributed by atoms with van der Waals surface area (Å²) in [4.78, 5) is 41.1. The van der Waals surface area contributed by atoms with Gasteiger partial charge in [0, 0.05) is 31.5 Å². The van der Waals surface area contributed by atoms with Gasteiger partial charge in [-0.15, -0.1) is 0 Å². The fourth-order valence-corrected chi connectivity index (χ4v) is 3.89. The number of pyridine rings is 1. The maximum Gasteiger partial charge on any atom is 0.259 e. The average molecular weight is 434 g/mol. The SMILES string of the molecule is CC[C@@H](C)n1cc(C(=O)NCc2ccco2)c(=O)c(C(=O)N2CCc3ccccc3C2)c1. The zero-order chi connectivity index (χ0) is 22.7. The van der Waals surface area contributed by atoms with Gasteiger partial charge in [-0.2, -0.15) is 0 Å². The van der Waals surface area contributed by atoms with Gasteiger partial charge in [-0.3, -0.25) is 14.4 Å². The van der Waals surface area contributed by atoms with Crippen LogP contribution in [0.25, 0.3) is 0 Å². The predicted molar refractivity (Wildman–Crippen MR) is 120 cm³/mol. The van der Waals surface area contributed by atoms with Crippen LogP contribution in [0, 0.1) is 0 Å². The van der Waals surface area contributed by atoms with E-state index in [2.05, 4.69) is 11.4 Å². The second kappa shape index (κ2) is 9.26. The first kappa shape index (κ1) is 21.6. The molecule has 32 heavy (non-hydrogen) atoms. The minimum atomic E-state index is -0.551. The van der Waals surface area contributed by atoms with E-state index in [1.165, 1.54) is 18.0 Å². The van der Waals surface area contributed by atoms with Crippen molar-refractivity contribution < 1.29 is 14.0 Å². The Morgan fingerprint density at radius 2 is 1.84 bits per heavy atom. The molecule has 0 spiro atoms. The van der Waals surface area contributed by atoms with Crippen molar-refractivity contribution in [1.29, 1.82) is 0 Å². The van der Waals surface area contributed by atoms with E-state index in [1.54, 1.807) is 27.8 Å². The number of aromatic nitrogens is 1. The molecule has 1 atom stereocenters. The van der Waals surface area contributed by atoms with Crippen LogP contribution in [0.2, 0.25) is 0 Å². The molecule has 3 aromatic rings. The Bertz CT molecular complexity index is 1180. The lowest BCUT2D eigenvalue weighted by Gasteiger charge is -2.29. The standard InChI is InChI=1S/C25H27N3O4/c1-3-17(2)28-15-21(24(30)26-13-20-9-6-12-32-20)23(29)22(16-28)25(31)27-11-10-18-7-4-5-8-19(18)14-27/h4-9,12,15-17H,3,10-11,13-14H2,1-2H3,(H,26,30)/t17-/m1/s1. The number of rotatable bonds is 6. The van der Waals surface area contributed by atoms with E-state index in [9.17, 15) is 14.4 Å². The van der Waals surface area contributed by atoms with Gasteiger partial charge >= 0.3 is 0 Å². The third-order valence-electron chi connectivity index (χ3n) is 6.04. The molecule has 7 nitrogen and oxygen atoms in total. The quantitative estimate of drug-likeness (QED) is 0.644. The number of carbonyl (C=O) groups excluding carboxylic acids is 2. The molecule has 1 aliphatic heterocycles. The molecule has 0 fully saturated rings. The molecule has 1 aliphatic rings. The van der Waals surface area contributed by atoms with Crippen LogP contribution in [0.4, 0.5) is 0 Å². The van der Waals surface area contributed by atoms with E-state index in [4.69, 9.17) is 4.42 Å². The van der Waals surface area contributed by atoms with E-state index >= 15 is 0 Å². The van der Waals surface area contributed by atoms with Crippen molar-refractivity contribution in [2.24, 2.45) is 0 Å². The molecule has 2 aromatic heterocycles. The lowest BCUT2D eigenvalue weighted by atomic mass is 9.99. The zero-order valence-corrected chi connectivity index (χ0v) is 18.3. The summed E-state index contributed by atoms with van der Waals surface area (Å²) >= 11 is 0. The van der Waals surface area contributed by atoms with Crippen molar-refractivity contribution in [3.63, 3.8) is 0 Å². The van der Waals surface area contributed by atoms with Crippen LogP contribution in [0.3, 0.4) is 0 Å². The minimum absolute atomic E-state index is 0.0235. The molecule has 0 saturated carbocycles. The van der Waals surface area contributed by atoms with Crippen molar-refractivity contribution in [3.8, 4) is 0 Å². The highest BCUT2D eigenvalue weighted by Crippen LogP contribution is 2.20. The second-order valence-corrected chi connectivity index (χ2v) is 8.13. The molecular weight excluding hydrogens is 406 g/mol. The average Bonchev–Trinajstić information content (AvgIpc) is 3.35. The van der Waals surface area contributed by atoms with Crippen molar-refractivity contribution >= 4 is 11.8 Å². The summed E-state index contributed by atoms with van der Waals surface area (Å²) in [5.74, 6) is -0.288. The Kier molecular flexibility index (Phi) is 6.25. The number of nitrogens with zero attached hydrogens (tertiary/aromatic N) is 2. The van der Waals surface area contributed by atoms with Gasteiger partial charge in [-0.1, -0.05) is 31.2 Å². The number of nitrogens with one attached hydrogen (secondary N) is 1. The smallest absolute Gasteiger partial charge is 0.259 e. The van der Waals surface area contributed by atoms with Crippen LogP contribution in [0.1, 0.15) is 63.9 Å². The Morgan fingerprint density at radius 3 is 2.56 bits per heavy atom. The Balaban J connectivity index is 1.65.